The summed E-state index contributed by atoms with van der Waals surface area (Å²) < 4.78 is 62.0. The van der Waals surface area contributed by atoms with Gasteiger partial charge in [-0.05, 0) is 32.4 Å². The summed E-state index contributed by atoms with van der Waals surface area (Å²) in [6, 6.07) is 0. The molecule has 1 atom stereocenters. The van der Waals surface area contributed by atoms with Gasteiger partial charge in [0, 0.05) is 13.1 Å². The molecule has 1 heterocycles. The highest BCUT2D eigenvalue weighted by Crippen LogP contribution is 2.19. The highest BCUT2D eigenvalue weighted by molar-refractivity contribution is 7.87. The molecule has 18 heavy (non-hydrogen) atoms. The number of nitrogens with one attached hydrogen (secondary N) is 2. The Morgan fingerprint density at radius 1 is 1.39 bits per heavy atom. The predicted octanol–water partition coefficient (Wildman–Crippen LogP) is 0.314. The quantitative estimate of drug-likeness (QED) is 0.766. The Morgan fingerprint density at radius 2 is 2.06 bits per heavy atom. The van der Waals surface area contributed by atoms with E-state index in [9.17, 15) is 21.6 Å². The van der Waals surface area contributed by atoms with E-state index < -0.39 is 22.9 Å². The van der Waals surface area contributed by atoms with E-state index in [4.69, 9.17) is 0 Å². The predicted molar refractivity (Wildman–Crippen MR) is 61.2 cm³/mol. The zero-order chi connectivity index (χ0) is 13.8. The van der Waals surface area contributed by atoms with Crippen LogP contribution < -0.4 is 10.0 Å². The molecule has 1 fully saturated rings. The monoisotopic (exact) mass is 289 g/mol. The van der Waals surface area contributed by atoms with Crippen molar-refractivity contribution in [2.24, 2.45) is 5.92 Å². The summed E-state index contributed by atoms with van der Waals surface area (Å²) in [6.45, 7) is -0.338. The third kappa shape index (κ3) is 5.09. The van der Waals surface area contributed by atoms with Crippen molar-refractivity contribution in [3.63, 3.8) is 0 Å². The molecule has 108 valence electrons. The van der Waals surface area contributed by atoms with Gasteiger partial charge in [0.2, 0.25) is 0 Å². The van der Waals surface area contributed by atoms with Crippen molar-refractivity contribution in [3.8, 4) is 0 Å². The first kappa shape index (κ1) is 15.7. The normalized spacial score (nSPS) is 23.2. The lowest BCUT2D eigenvalue weighted by Crippen LogP contribution is -2.49. The number of nitrogens with zero attached hydrogens (tertiary/aromatic N) is 1. The van der Waals surface area contributed by atoms with Gasteiger partial charge in [0.25, 0.3) is 10.2 Å². The molecule has 0 aliphatic carbocycles. The molecule has 0 aromatic heterocycles. The number of alkyl halides is 3. The molecule has 2 N–H and O–H groups in total. The Balaban J connectivity index is 2.56. The summed E-state index contributed by atoms with van der Waals surface area (Å²) in [6.07, 6.45) is -2.99. The summed E-state index contributed by atoms with van der Waals surface area (Å²) in [5.74, 6) is 0.145. The maximum atomic E-state index is 12.0. The van der Waals surface area contributed by atoms with Gasteiger partial charge in [-0.25, -0.2) is 0 Å². The highest BCUT2D eigenvalue weighted by Gasteiger charge is 2.33. The lowest BCUT2D eigenvalue weighted by Gasteiger charge is -2.31. The molecular weight excluding hydrogens is 271 g/mol. The summed E-state index contributed by atoms with van der Waals surface area (Å²) in [5, 5.41) is 2.94. The molecule has 0 spiro atoms. The Morgan fingerprint density at radius 3 is 2.61 bits per heavy atom. The SMILES string of the molecule is CNCC1CCCN(S(=O)(=O)NCC(F)(F)F)C1. The summed E-state index contributed by atoms with van der Waals surface area (Å²) in [7, 11) is -2.27. The van der Waals surface area contributed by atoms with Gasteiger partial charge < -0.3 is 5.32 Å². The molecule has 0 radical (unpaired) electrons. The average molecular weight is 289 g/mol. The van der Waals surface area contributed by atoms with Crippen LogP contribution >= 0.6 is 0 Å². The third-order valence-corrected chi connectivity index (χ3v) is 4.29. The lowest BCUT2D eigenvalue weighted by molar-refractivity contribution is -0.121. The van der Waals surface area contributed by atoms with Gasteiger partial charge in [0.05, 0.1) is 0 Å². The van der Waals surface area contributed by atoms with Crippen molar-refractivity contribution < 1.29 is 21.6 Å². The molecule has 1 aliphatic heterocycles. The Bertz CT molecular complexity index is 357. The number of hydrogen-bond acceptors (Lipinski definition) is 3. The van der Waals surface area contributed by atoms with Crippen LogP contribution in [0.2, 0.25) is 0 Å². The molecule has 0 amide bonds. The fraction of sp³-hybridized carbons (Fsp3) is 1.00. The highest BCUT2D eigenvalue weighted by atomic mass is 32.2. The number of halogens is 3. The van der Waals surface area contributed by atoms with Crippen molar-refractivity contribution in [1.82, 2.24) is 14.3 Å². The molecule has 5 nitrogen and oxygen atoms in total. The van der Waals surface area contributed by atoms with E-state index >= 15 is 0 Å². The minimum atomic E-state index is -4.53. The molecule has 0 saturated carbocycles. The van der Waals surface area contributed by atoms with Crippen LogP contribution in [0.4, 0.5) is 13.2 Å². The first-order valence-corrected chi connectivity index (χ1v) is 7.14. The first-order chi connectivity index (χ1) is 8.24. The number of piperidine rings is 1. The van der Waals surface area contributed by atoms with E-state index in [0.717, 1.165) is 10.7 Å². The van der Waals surface area contributed by atoms with Crippen molar-refractivity contribution in [2.45, 2.75) is 19.0 Å². The molecule has 1 rings (SSSR count). The topological polar surface area (TPSA) is 61.4 Å². The molecule has 1 unspecified atom stereocenters. The van der Waals surface area contributed by atoms with Gasteiger partial charge in [-0.3, -0.25) is 0 Å². The fourth-order valence-corrected chi connectivity index (χ4v) is 3.27. The third-order valence-electron chi connectivity index (χ3n) is 2.77. The van der Waals surface area contributed by atoms with E-state index in [1.54, 1.807) is 11.8 Å². The second-order valence-electron chi connectivity index (χ2n) is 4.37. The standard InChI is InChI=1S/C9H18F3N3O2S/c1-13-5-8-3-2-4-15(6-8)18(16,17)14-7-9(10,11)12/h8,13-14H,2-7H2,1H3. The van der Waals surface area contributed by atoms with E-state index in [1.807, 2.05) is 0 Å². The van der Waals surface area contributed by atoms with Crippen molar-refractivity contribution in [3.05, 3.63) is 0 Å². The minimum Gasteiger partial charge on any atom is -0.319 e. The van der Waals surface area contributed by atoms with Crippen LogP contribution in [0.5, 0.6) is 0 Å². The van der Waals surface area contributed by atoms with Crippen LogP contribution in [0, 0.1) is 5.92 Å². The van der Waals surface area contributed by atoms with Gasteiger partial charge >= 0.3 is 6.18 Å². The van der Waals surface area contributed by atoms with E-state index in [2.05, 4.69) is 5.32 Å². The fourth-order valence-electron chi connectivity index (χ4n) is 1.96. The molecule has 9 heteroatoms. The summed E-state index contributed by atoms with van der Waals surface area (Å²) >= 11 is 0. The molecule has 0 aromatic carbocycles. The van der Waals surface area contributed by atoms with Crippen LogP contribution in [0.15, 0.2) is 0 Å². The second kappa shape index (κ2) is 6.18. The number of hydrogen-bond donors (Lipinski definition) is 2. The molecule has 0 bridgehead atoms. The van der Waals surface area contributed by atoms with Gasteiger partial charge in [-0.15, -0.1) is 0 Å². The Hall–Kier alpha value is -0.380. The second-order valence-corrected chi connectivity index (χ2v) is 6.12. The molecule has 0 aromatic rings. The van der Waals surface area contributed by atoms with Gasteiger partial charge in [-0.1, -0.05) is 0 Å². The van der Waals surface area contributed by atoms with Crippen molar-refractivity contribution in [1.29, 1.82) is 0 Å². The van der Waals surface area contributed by atoms with Crippen LogP contribution in [0.25, 0.3) is 0 Å². The van der Waals surface area contributed by atoms with Crippen molar-refractivity contribution in [2.75, 3.05) is 33.2 Å². The zero-order valence-corrected chi connectivity index (χ0v) is 10.9. The minimum absolute atomic E-state index is 0.145. The van der Waals surface area contributed by atoms with Crippen LogP contribution in [-0.2, 0) is 10.2 Å². The van der Waals surface area contributed by atoms with Crippen LogP contribution in [0.3, 0.4) is 0 Å². The Kier molecular flexibility index (Phi) is 5.38. The largest absolute Gasteiger partial charge is 0.402 e. The maximum absolute atomic E-state index is 12.0. The maximum Gasteiger partial charge on any atom is 0.402 e. The lowest BCUT2D eigenvalue weighted by atomic mass is 10.00. The first-order valence-electron chi connectivity index (χ1n) is 5.70. The molecular formula is C9H18F3N3O2S. The smallest absolute Gasteiger partial charge is 0.319 e. The van der Waals surface area contributed by atoms with E-state index in [0.29, 0.717) is 13.0 Å². The molecule has 1 aliphatic rings. The zero-order valence-electron chi connectivity index (χ0n) is 10.1. The van der Waals surface area contributed by atoms with E-state index in [1.165, 1.54) is 0 Å². The number of rotatable bonds is 5. The molecule has 1 saturated heterocycles. The van der Waals surface area contributed by atoms with E-state index in [-0.39, 0.29) is 19.0 Å². The summed E-state index contributed by atoms with van der Waals surface area (Å²) in [4.78, 5) is 0. The average Bonchev–Trinajstić information content (AvgIpc) is 2.27. The van der Waals surface area contributed by atoms with Crippen LogP contribution in [0.1, 0.15) is 12.8 Å². The van der Waals surface area contributed by atoms with Crippen molar-refractivity contribution >= 4 is 10.2 Å². The summed E-state index contributed by atoms with van der Waals surface area (Å²) in [5.41, 5.74) is 0. The van der Waals surface area contributed by atoms with Gasteiger partial charge in [-0.2, -0.15) is 30.6 Å². The van der Waals surface area contributed by atoms with Gasteiger partial charge in [0.1, 0.15) is 6.54 Å². The Labute approximate surface area is 105 Å². The van der Waals surface area contributed by atoms with Crippen LogP contribution in [-0.4, -0.2) is 52.1 Å². The van der Waals surface area contributed by atoms with Gasteiger partial charge in [0.15, 0.2) is 0 Å².